The van der Waals surface area contributed by atoms with Gasteiger partial charge in [-0.05, 0) is 30.3 Å². The summed E-state index contributed by atoms with van der Waals surface area (Å²) in [5.74, 6) is -0.940. The molecule has 0 saturated carbocycles. The summed E-state index contributed by atoms with van der Waals surface area (Å²) in [4.78, 5) is 19.9. The van der Waals surface area contributed by atoms with Crippen LogP contribution in [0.4, 0.5) is 5.69 Å². The van der Waals surface area contributed by atoms with Crippen LogP contribution in [0.15, 0.2) is 42.6 Å². The maximum atomic E-state index is 11.3. The summed E-state index contributed by atoms with van der Waals surface area (Å²) >= 11 is 0. The van der Waals surface area contributed by atoms with Crippen molar-refractivity contribution in [3.05, 3.63) is 59.4 Å². The van der Waals surface area contributed by atoms with Gasteiger partial charge < -0.3 is 10.0 Å². The fraction of sp³-hybridized carbons (Fsp3) is 0.278. The summed E-state index contributed by atoms with van der Waals surface area (Å²) in [5, 5.41) is 18.2. The van der Waals surface area contributed by atoms with E-state index in [-0.39, 0.29) is 5.56 Å². The van der Waals surface area contributed by atoms with Gasteiger partial charge in [0.25, 0.3) is 0 Å². The number of hydrogen-bond acceptors (Lipinski definition) is 5. The van der Waals surface area contributed by atoms with Crippen molar-refractivity contribution in [3.8, 4) is 6.07 Å². The first kappa shape index (κ1) is 16.0. The van der Waals surface area contributed by atoms with Gasteiger partial charge in [-0.2, -0.15) is 5.26 Å². The number of rotatable bonds is 4. The van der Waals surface area contributed by atoms with Crippen LogP contribution < -0.4 is 4.90 Å². The highest BCUT2D eigenvalue weighted by Gasteiger charge is 2.20. The van der Waals surface area contributed by atoms with E-state index in [0.29, 0.717) is 17.8 Å². The normalized spacial score (nSPS) is 15.0. The van der Waals surface area contributed by atoms with Crippen LogP contribution in [-0.2, 0) is 6.54 Å². The highest BCUT2D eigenvalue weighted by atomic mass is 16.4. The van der Waals surface area contributed by atoms with Crippen molar-refractivity contribution in [1.29, 1.82) is 5.26 Å². The molecule has 1 saturated heterocycles. The van der Waals surface area contributed by atoms with Gasteiger partial charge >= 0.3 is 5.97 Å². The van der Waals surface area contributed by atoms with Crippen molar-refractivity contribution < 1.29 is 9.90 Å². The van der Waals surface area contributed by atoms with Gasteiger partial charge in [0.15, 0.2) is 0 Å². The molecule has 1 aromatic carbocycles. The summed E-state index contributed by atoms with van der Waals surface area (Å²) in [7, 11) is 0. The molecule has 0 radical (unpaired) electrons. The van der Waals surface area contributed by atoms with Crippen LogP contribution in [0, 0.1) is 11.3 Å². The number of aromatic nitrogens is 1. The average Bonchev–Trinajstić information content (AvgIpc) is 2.62. The third-order valence-electron chi connectivity index (χ3n) is 4.21. The van der Waals surface area contributed by atoms with Gasteiger partial charge in [0.2, 0.25) is 0 Å². The second-order valence-corrected chi connectivity index (χ2v) is 5.73. The first-order valence-electron chi connectivity index (χ1n) is 7.82. The molecule has 1 aromatic heterocycles. The van der Waals surface area contributed by atoms with Gasteiger partial charge in [0.05, 0.1) is 22.9 Å². The molecule has 0 spiro atoms. The van der Waals surface area contributed by atoms with E-state index in [2.05, 4.69) is 20.9 Å². The van der Waals surface area contributed by atoms with Gasteiger partial charge in [-0.25, -0.2) is 4.79 Å². The van der Waals surface area contributed by atoms with Crippen LogP contribution in [0.25, 0.3) is 0 Å². The third kappa shape index (κ3) is 3.53. The Kier molecular flexibility index (Phi) is 4.73. The predicted molar refractivity (Wildman–Crippen MR) is 89.8 cm³/mol. The van der Waals surface area contributed by atoms with E-state index in [4.69, 9.17) is 5.26 Å². The van der Waals surface area contributed by atoms with Crippen LogP contribution in [0.2, 0.25) is 0 Å². The van der Waals surface area contributed by atoms with Crippen molar-refractivity contribution in [2.24, 2.45) is 0 Å². The van der Waals surface area contributed by atoms with Crippen molar-refractivity contribution in [2.45, 2.75) is 6.54 Å². The molecule has 0 amide bonds. The fourth-order valence-electron chi connectivity index (χ4n) is 2.91. The lowest BCUT2D eigenvalue weighted by Gasteiger charge is -2.36. The molecule has 6 nitrogen and oxygen atoms in total. The Labute approximate surface area is 140 Å². The molecule has 1 aliphatic heterocycles. The number of hydrogen-bond donors (Lipinski definition) is 1. The van der Waals surface area contributed by atoms with E-state index >= 15 is 0 Å². The number of anilines is 1. The highest BCUT2D eigenvalue weighted by Crippen LogP contribution is 2.19. The average molecular weight is 322 g/mol. The van der Waals surface area contributed by atoms with E-state index in [1.165, 1.54) is 0 Å². The lowest BCUT2D eigenvalue weighted by Crippen LogP contribution is -2.46. The number of carboxylic acids is 1. The van der Waals surface area contributed by atoms with Gasteiger partial charge in [0, 0.05) is 44.6 Å². The molecule has 1 N–H and O–H groups in total. The fourth-order valence-corrected chi connectivity index (χ4v) is 2.91. The van der Waals surface area contributed by atoms with Crippen LogP contribution in [-0.4, -0.2) is 47.1 Å². The van der Waals surface area contributed by atoms with Crippen LogP contribution in [0.5, 0.6) is 0 Å². The summed E-state index contributed by atoms with van der Waals surface area (Å²) < 4.78 is 0. The van der Waals surface area contributed by atoms with Crippen molar-refractivity contribution in [3.63, 3.8) is 0 Å². The van der Waals surface area contributed by atoms with E-state index in [1.54, 1.807) is 24.4 Å². The van der Waals surface area contributed by atoms with Crippen molar-refractivity contribution in [2.75, 3.05) is 31.1 Å². The molecular formula is C18H18N4O2. The maximum Gasteiger partial charge on any atom is 0.337 e. The molecule has 0 unspecified atom stereocenters. The molecule has 2 heterocycles. The monoisotopic (exact) mass is 322 g/mol. The minimum absolute atomic E-state index is 0.265. The minimum atomic E-state index is -0.940. The number of benzene rings is 1. The van der Waals surface area contributed by atoms with Gasteiger partial charge in [-0.3, -0.25) is 9.88 Å². The van der Waals surface area contributed by atoms with Gasteiger partial charge in [0.1, 0.15) is 0 Å². The zero-order valence-electron chi connectivity index (χ0n) is 13.2. The molecule has 24 heavy (non-hydrogen) atoms. The molecule has 3 rings (SSSR count). The summed E-state index contributed by atoms with van der Waals surface area (Å²) in [5.41, 5.74) is 2.58. The predicted octanol–water partition coefficient (Wildman–Crippen LogP) is 1.97. The van der Waals surface area contributed by atoms with E-state index in [0.717, 1.165) is 31.9 Å². The molecule has 2 aromatic rings. The molecule has 1 fully saturated rings. The SMILES string of the molecule is N#Cc1cccc(N2CCN(Cc3ncccc3C(=O)O)CC2)c1. The van der Waals surface area contributed by atoms with E-state index in [1.807, 2.05) is 18.2 Å². The number of piperazine rings is 1. The number of aromatic carboxylic acids is 1. The molecule has 0 aliphatic carbocycles. The zero-order chi connectivity index (χ0) is 16.9. The molecule has 1 aliphatic rings. The first-order valence-corrected chi connectivity index (χ1v) is 7.82. The van der Waals surface area contributed by atoms with E-state index in [9.17, 15) is 9.90 Å². The Morgan fingerprint density at radius 1 is 1.21 bits per heavy atom. The topological polar surface area (TPSA) is 80.5 Å². The standard InChI is InChI=1S/C18H18N4O2/c19-12-14-3-1-4-15(11-14)22-9-7-21(8-10-22)13-17-16(18(23)24)5-2-6-20-17/h1-6,11H,7-10,13H2,(H,23,24). The van der Waals surface area contributed by atoms with Gasteiger partial charge in [-0.1, -0.05) is 6.07 Å². The number of pyridine rings is 1. The minimum Gasteiger partial charge on any atom is -0.478 e. The Hall–Kier alpha value is -2.91. The highest BCUT2D eigenvalue weighted by molar-refractivity contribution is 5.88. The number of carboxylic acid groups (broad SMARTS) is 1. The summed E-state index contributed by atoms with van der Waals surface area (Å²) in [6.45, 7) is 3.86. The second kappa shape index (κ2) is 7.11. The molecule has 6 heteroatoms. The molecular weight excluding hydrogens is 304 g/mol. The summed E-state index contributed by atoms with van der Waals surface area (Å²) in [6.07, 6.45) is 1.63. The Balaban J connectivity index is 1.63. The quantitative estimate of drug-likeness (QED) is 0.927. The van der Waals surface area contributed by atoms with Crippen molar-refractivity contribution in [1.82, 2.24) is 9.88 Å². The lowest BCUT2D eigenvalue weighted by atomic mass is 10.1. The second-order valence-electron chi connectivity index (χ2n) is 5.73. The lowest BCUT2D eigenvalue weighted by molar-refractivity contribution is 0.0693. The molecule has 0 atom stereocenters. The first-order chi connectivity index (χ1) is 11.7. The Morgan fingerprint density at radius 2 is 2.00 bits per heavy atom. The van der Waals surface area contributed by atoms with Crippen LogP contribution in [0.1, 0.15) is 21.6 Å². The number of nitrogens with zero attached hydrogens (tertiary/aromatic N) is 4. The van der Waals surface area contributed by atoms with Gasteiger partial charge in [-0.15, -0.1) is 0 Å². The van der Waals surface area contributed by atoms with E-state index < -0.39 is 5.97 Å². The number of nitriles is 1. The molecule has 122 valence electrons. The Morgan fingerprint density at radius 3 is 2.71 bits per heavy atom. The molecule has 0 bridgehead atoms. The van der Waals surface area contributed by atoms with Crippen molar-refractivity contribution >= 4 is 11.7 Å². The Bertz CT molecular complexity index is 777. The third-order valence-corrected chi connectivity index (χ3v) is 4.21. The zero-order valence-corrected chi connectivity index (χ0v) is 13.2. The maximum absolute atomic E-state index is 11.3. The summed E-state index contributed by atoms with van der Waals surface area (Å²) in [6, 6.07) is 13.0. The van der Waals surface area contributed by atoms with Crippen LogP contribution >= 0.6 is 0 Å². The largest absolute Gasteiger partial charge is 0.478 e. The smallest absolute Gasteiger partial charge is 0.337 e. The van der Waals surface area contributed by atoms with Crippen LogP contribution in [0.3, 0.4) is 0 Å². The number of carbonyl (C=O) groups is 1.